The lowest BCUT2D eigenvalue weighted by Crippen LogP contribution is -2.49. The first-order valence-electron chi connectivity index (χ1n) is 10.1. The fourth-order valence-corrected chi connectivity index (χ4v) is 10.2. The molecule has 3 aliphatic carbocycles. The number of rotatable bonds is 3. The van der Waals surface area contributed by atoms with E-state index in [4.69, 9.17) is 23.2 Å². The molecule has 0 aliphatic heterocycles. The average molecular weight is 394 g/mol. The molecule has 0 aromatic rings. The maximum atomic E-state index is 10.4. The molecule has 2 unspecified atom stereocenters. The van der Waals surface area contributed by atoms with Crippen molar-refractivity contribution < 1.29 is 5.11 Å². The molecule has 0 bridgehead atoms. The molecular formula is C20H35Cl2OS+. The fraction of sp³-hybridized carbons (Fsp3) is 1.00. The first-order valence-corrected chi connectivity index (χ1v) is 12.4. The van der Waals surface area contributed by atoms with Crippen LogP contribution in [0.15, 0.2) is 0 Å². The van der Waals surface area contributed by atoms with E-state index in [0.717, 1.165) is 15.7 Å². The van der Waals surface area contributed by atoms with Crippen LogP contribution in [-0.2, 0) is 10.9 Å². The van der Waals surface area contributed by atoms with Gasteiger partial charge in [-0.3, -0.25) is 0 Å². The second-order valence-electron chi connectivity index (χ2n) is 8.69. The Labute approximate surface area is 161 Å². The second kappa shape index (κ2) is 8.72. The quantitative estimate of drug-likeness (QED) is 0.495. The summed E-state index contributed by atoms with van der Waals surface area (Å²) in [4.78, 5) is 0. The van der Waals surface area contributed by atoms with E-state index < -0.39 is 0 Å². The van der Waals surface area contributed by atoms with Crippen molar-refractivity contribution in [1.82, 2.24) is 0 Å². The Morgan fingerprint density at radius 2 is 1.04 bits per heavy atom. The van der Waals surface area contributed by atoms with Crippen molar-refractivity contribution in [3.63, 3.8) is 0 Å². The third-order valence-corrected chi connectivity index (χ3v) is 11.3. The zero-order valence-electron chi connectivity index (χ0n) is 15.3. The number of aliphatic hydroxyl groups excluding tert-OH is 1. The van der Waals surface area contributed by atoms with Crippen LogP contribution in [0, 0.1) is 11.8 Å². The summed E-state index contributed by atoms with van der Waals surface area (Å²) in [5.41, 5.74) is 0. The van der Waals surface area contributed by atoms with Gasteiger partial charge in [0.05, 0.1) is 6.10 Å². The van der Waals surface area contributed by atoms with Gasteiger partial charge in [0.25, 0.3) is 0 Å². The Morgan fingerprint density at radius 1 is 0.667 bits per heavy atom. The van der Waals surface area contributed by atoms with E-state index in [1.807, 2.05) is 0 Å². The molecule has 0 heterocycles. The topological polar surface area (TPSA) is 20.2 Å². The Morgan fingerprint density at radius 3 is 1.42 bits per heavy atom. The summed E-state index contributed by atoms with van der Waals surface area (Å²) < 4.78 is 0. The first kappa shape index (κ1) is 19.6. The molecule has 0 aromatic carbocycles. The van der Waals surface area contributed by atoms with Gasteiger partial charge in [0.15, 0.2) is 0 Å². The van der Waals surface area contributed by atoms with Crippen molar-refractivity contribution in [1.29, 1.82) is 0 Å². The maximum absolute atomic E-state index is 10.4. The maximum Gasteiger partial charge on any atom is 0.119 e. The highest BCUT2D eigenvalue weighted by molar-refractivity contribution is 7.98. The minimum absolute atomic E-state index is 0.0937. The number of halogens is 2. The molecular weight excluding hydrogens is 359 g/mol. The van der Waals surface area contributed by atoms with Gasteiger partial charge in [-0.2, -0.15) is 0 Å². The van der Waals surface area contributed by atoms with Gasteiger partial charge in [0.1, 0.15) is 15.7 Å². The van der Waals surface area contributed by atoms with Gasteiger partial charge >= 0.3 is 0 Å². The monoisotopic (exact) mass is 393 g/mol. The Bertz CT molecular complexity index is 357. The van der Waals surface area contributed by atoms with Gasteiger partial charge in [0, 0.05) is 10.8 Å². The van der Waals surface area contributed by atoms with Gasteiger partial charge in [0.2, 0.25) is 0 Å². The Kier molecular flexibility index (Phi) is 7.14. The lowest BCUT2D eigenvalue weighted by Gasteiger charge is -2.41. The van der Waals surface area contributed by atoms with Crippen molar-refractivity contribution in [2.75, 3.05) is 0 Å². The minimum atomic E-state index is -0.0937. The second-order valence-corrected chi connectivity index (χ2v) is 12.7. The van der Waals surface area contributed by atoms with Crippen LogP contribution in [0.4, 0.5) is 0 Å². The van der Waals surface area contributed by atoms with Crippen LogP contribution in [0.5, 0.6) is 0 Å². The molecule has 3 fully saturated rings. The van der Waals surface area contributed by atoms with E-state index in [1.165, 1.54) is 64.2 Å². The molecule has 4 heteroatoms. The third-order valence-electron chi connectivity index (χ3n) is 6.80. The number of hydrogen-bond acceptors (Lipinski definition) is 1. The number of alkyl halides is 2. The molecule has 24 heavy (non-hydrogen) atoms. The summed E-state index contributed by atoms with van der Waals surface area (Å²) in [6.45, 7) is 4.53. The van der Waals surface area contributed by atoms with E-state index >= 15 is 0 Å². The largest absolute Gasteiger partial charge is 0.393 e. The molecule has 0 radical (unpaired) electrons. The van der Waals surface area contributed by atoms with Crippen LogP contribution in [0.3, 0.4) is 0 Å². The molecule has 3 rings (SSSR count). The molecule has 2 atom stereocenters. The van der Waals surface area contributed by atoms with Crippen LogP contribution in [-0.4, -0.2) is 37.7 Å². The van der Waals surface area contributed by atoms with Crippen molar-refractivity contribution >= 4 is 34.1 Å². The van der Waals surface area contributed by atoms with E-state index in [9.17, 15) is 5.11 Å². The van der Waals surface area contributed by atoms with Crippen LogP contribution in [0.25, 0.3) is 0 Å². The molecule has 0 saturated heterocycles. The number of hydrogen-bond donors (Lipinski definition) is 1. The third kappa shape index (κ3) is 4.59. The first-order chi connectivity index (χ1) is 11.5. The van der Waals surface area contributed by atoms with Crippen LogP contribution in [0.1, 0.15) is 78.1 Å². The standard InChI is InChI=1S/C20H35Cl2OS/c1-13-11-19(12-14(2)20(13)23)24(17-7-3-15(21)4-8-17)18-9-5-16(22)6-10-18/h13-20,23H,3-12H2,1-2H3/q+1. The highest BCUT2D eigenvalue weighted by Crippen LogP contribution is 2.43. The zero-order valence-corrected chi connectivity index (χ0v) is 17.6. The van der Waals surface area contributed by atoms with Gasteiger partial charge in [-0.05, 0) is 86.9 Å². The lowest BCUT2D eigenvalue weighted by molar-refractivity contribution is 0.0351. The summed E-state index contributed by atoms with van der Waals surface area (Å²) in [6.07, 6.45) is 12.5. The molecule has 0 amide bonds. The zero-order chi connectivity index (χ0) is 17.3. The summed E-state index contributed by atoms with van der Waals surface area (Å²) in [7, 11) is 0.502. The van der Waals surface area contributed by atoms with E-state index in [-0.39, 0.29) is 6.10 Å². The van der Waals surface area contributed by atoms with Crippen molar-refractivity contribution in [2.45, 2.75) is 111 Å². The number of aliphatic hydroxyl groups is 1. The van der Waals surface area contributed by atoms with E-state index in [1.54, 1.807) is 0 Å². The predicted molar refractivity (Wildman–Crippen MR) is 109 cm³/mol. The Hall–Kier alpha value is 0.890. The fourth-order valence-electron chi connectivity index (χ4n) is 5.39. The summed E-state index contributed by atoms with van der Waals surface area (Å²) in [5.74, 6) is 0.921. The molecule has 1 nitrogen and oxygen atoms in total. The average Bonchev–Trinajstić information content (AvgIpc) is 2.56. The van der Waals surface area contributed by atoms with Gasteiger partial charge < -0.3 is 5.11 Å². The highest BCUT2D eigenvalue weighted by Gasteiger charge is 2.49. The SMILES string of the molecule is CC1CC([S+](C2CCC(Cl)CC2)C2CCC(Cl)CC2)CC(C)C1O. The van der Waals surface area contributed by atoms with Crippen molar-refractivity contribution in [3.05, 3.63) is 0 Å². The lowest BCUT2D eigenvalue weighted by atomic mass is 9.80. The predicted octanol–water partition coefficient (Wildman–Crippen LogP) is 5.50. The van der Waals surface area contributed by atoms with Gasteiger partial charge in [-0.25, -0.2) is 0 Å². The normalized spacial score (nSPS) is 48.9. The Balaban J connectivity index is 1.74. The van der Waals surface area contributed by atoms with E-state index in [0.29, 0.717) is 33.5 Å². The molecule has 3 aliphatic rings. The van der Waals surface area contributed by atoms with Crippen LogP contribution in [0.2, 0.25) is 0 Å². The van der Waals surface area contributed by atoms with E-state index in [2.05, 4.69) is 13.8 Å². The molecule has 1 N–H and O–H groups in total. The summed E-state index contributed by atoms with van der Waals surface area (Å²) >= 11 is 12.8. The summed E-state index contributed by atoms with van der Waals surface area (Å²) in [6, 6.07) is 0. The van der Waals surface area contributed by atoms with Gasteiger partial charge in [-0.15, -0.1) is 23.2 Å². The highest BCUT2D eigenvalue weighted by atomic mass is 35.5. The molecule has 0 spiro atoms. The molecule has 140 valence electrons. The van der Waals surface area contributed by atoms with Crippen LogP contribution < -0.4 is 0 Å². The van der Waals surface area contributed by atoms with Crippen molar-refractivity contribution in [2.24, 2.45) is 11.8 Å². The molecule has 3 saturated carbocycles. The smallest absolute Gasteiger partial charge is 0.119 e. The summed E-state index contributed by atoms with van der Waals surface area (Å²) in [5, 5.41) is 13.8. The van der Waals surface area contributed by atoms with Crippen LogP contribution >= 0.6 is 23.2 Å². The molecule has 0 aromatic heterocycles. The minimum Gasteiger partial charge on any atom is -0.393 e. The van der Waals surface area contributed by atoms with Crippen molar-refractivity contribution in [3.8, 4) is 0 Å². The van der Waals surface area contributed by atoms with Gasteiger partial charge in [-0.1, -0.05) is 13.8 Å².